The smallest absolute Gasteiger partial charge is 0.410 e. The van der Waals surface area contributed by atoms with E-state index < -0.39 is 0 Å². The van der Waals surface area contributed by atoms with Crippen LogP contribution in [0.4, 0.5) is 4.79 Å². The topological polar surface area (TPSA) is 38.8 Å². The van der Waals surface area contributed by atoms with E-state index in [1.807, 2.05) is 0 Å². The van der Waals surface area contributed by atoms with Gasteiger partial charge in [0.2, 0.25) is 0 Å². The number of ether oxygens (including phenoxy) is 2. The Hall–Kier alpha value is -0.770. The van der Waals surface area contributed by atoms with E-state index in [0.717, 1.165) is 45.4 Å². The summed E-state index contributed by atoms with van der Waals surface area (Å²) in [4.78, 5) is 13.3. The maximum Gasteiger partial charge on any atom is 0.410 e. The van der Waals surface area contributed by atoms with Crippen molar-refractivity contribution >= 4 is 6.09 Å². The third kappa shape index (κ3) is 2.38. The van der Waals surface area contributed by atoms with Crippen LogP contribution in [0, 0.1) is 0 Å². The fourth-order valence-corrected chi connectivity index (χ4v) is 1.92. The number of hydrogen-bond donors (Lipinski definition) is 0. The molecular formula is C10H17NO3. The zero-order valence-electron chi connectivity index (χ0n) is 8.41. The molecule has 0 N–H and O–H groups in total. The van der Waals surface area contributed by atoms with Gasteiger partial charge in [-0.25, -0.2) is 4.79 Å². The Morgan fingerprint density at radius 1 is 1.29 bits per heavy atom. The highest BCUT2D eigenvalue weighted by atomic mass is 16.6. The van der Waals surface area contributed by atoms with Crippen LogP contribution < -0.4 is 0 Å². The summed E-state index contributed by atoms with van der Waals surface area (Å²) < 4.78 is 10.6. The monoisotopic (exact) mass is 199 g/mol. The van der Waals surface area contributed by atoms with E-state index in [4.69, 9.17) is 9.47 Å². The van der Waals surface area contributed by atoms with Gasteiger partial charge in [0.05, 0.1) is 6.61 Å². The van der Waals surface area contributed by atoms with E-state index in [2.05, 4.69) is 0 Å². The Morgan fingerprint density at radius 2 is 2.07 bits per heavy atom. The molecule has 2 fully saturated rings. The largest absolute Gasteiger partial charge is 0.444 e. The van der Waals surface area contributed by atoms with Crippen molar-refractivity contribution in [2.75, 3.05) is 26.3 Å². The van der Waals surface area contributed by atoms with Gasteiger partial charge in [-0.15, -0.1) is 0 Å². The number of likely N-dealkylation sites (tertiary alicyclic amines) is 1. The van der Waals surface area contributed by atoms with Crippen LogP contribution in [-0.2, 0) is 9.47 Å². The lowest BCUT2D eigenvalue weighted by Crippen LogP contribution is -2.35. The number of carbonyl (C=O) groups excluding carboxylic acids is 1. The second-order valence-corrected chi connectivity index (χ2v) is 3.92. The first kappa shape index (κ1) is 9.77. The van der Waals surface area contributed by atoms with Gasteiger partial charge in [-0.1, -0.05) is 0 Å². The van der Waals surface area contributed by atoms with E-state index in [1.165, 1.54) is 0 Å². The van der Waals surface area contributed by atoms with E-state index in [9.17, 15) is 4.79 Å². The molecular weight excluding hydrogens is 182 g/mol. The minimum atomic E-state index is -0.155. The van der Waals surface area contributed by atoms with Crippen LogP contribution in [0.15, 0.2) is 0 Å². The Bertz CT molecular complexity index is 196. The fraction of sp³-hybridized carbons (Fsp3) is 0.900. The summed E-state index contributed by atoms with van der Waals surface area (Å²) in [6.45, 7) is 3.08. The Kier molecular flexibility index (Phi) is 3.24. The molecule has 0 radical (unpaired) electrons. The van der Waals surface area contributed by atoms with Crippen molar-refractivity contribution in [3.63, 3.8) is 0 Å². The van der Waals surface area contributed by atoms with Crippen LogP contribution >= 0.6 is 0 Å². The van der Waals surface area contributed by atoms with E-state index in [1.54, 1.807) is 4.90 Å². The van der Waals surface area contributed by atoms with Crippen molar-refractivity contribution in [2.45, 2.75) is 31.8 Å². The molecule has 14 heavy (non-hydrogen) atoms. The van der Waals surface area contributed by atoms with Crippen LogP contribution in [0.2, 0.25) is 0 Å². The molecule has 80 valence electrons. The van der Waals surface area contributed by atoms with E-state index in [0.29, 0.717) is 6.61 Å². The summed E-state index contributed by atoms with van der Waals surface area (Å²) in [7, 11) is 0. The highest BCUT2D eigenvalue weighted by Gasteiger charge is 2.24. The van der Waals surface area contributed by atoms with Gasteiger partial charge in [0.1, 0.15) is 6.10 Å². The Labute approximate surface area is 84.2 Å². The molecule has 4 heteroatoms. The molecule has 1 atom stereocenters. The van der Waals surface area contributed by atoms with Crippen LogP contribution in [0.25, 0.3) is 0 Å². The molecule has 1 unspecified atom stereocenters. The standard InChI is InChI=1S/C10H17NO3/c12-10(11-5-1-2-6-11)14-9-4-3-7-13-8-9/h9H,1-8H2. The van der Waals surface area contributed by atoms with Crippen molar-refractivity contribution in [1.29, 1.82) is 0 Å². The van der Waals surface area contributed by atoms with Gasteiger partial charge in [0.25, 0.3) is 0 Å². The second-order valence-electron chi connectivity index (χ2n) is 3.92. The number of carbonyl (C=O) groups is 1. The minimum absolute atomic E-state index is 0.0168. The maximum absolute atomic E-state index is 11.6. The number of amides is 1. The normalized spacial score (nSPS) is 27.7. The van der Waals surface area contributed by atoms with Gasteiger partial charge in [-0.3, -0.25) is 0 Å². The lowest BCUT2D eigenvalue weighted by atomic mass is 10.2. The first-order valence-electron chi connectivity index (χ1n) is 5.39. The average Bonchev–Trinajstić information content (AvgIpc) is 2.72. The number of rotatable bonds is 1. The molecule has 2 heterocycles. The van der Waals surface area contributed by atoms with Crippen molar-refractivity contribution in [3.8, 4) is 0 Å². The Morgan fingerprint density at radius 3 is 2.71 bits per heavy atom. The van der Waals surface area contributed by atoms with Gasteiger partial charge in [-0.2, -0.15) is 0 Å². The van der Waals surface area contributed by atoms with Crippen LogP contribution in [0.3, 0.4) is 0 Å². The number of hydrogen-bond acceptors (Lipinski definition) is 3. The zero-order valence-corrected chi connectivity index (χ0v) is 8.41. The van der Waals surface area contributed by atoms with Crippen molar-refractivity contribution < 1.29 is 14.3 Å². The minimum Gasteiger partial charge on any atom is -0.444 e. The summed E-state index contributed by atoms with van der Waals surface area (Å²) in [5.74, 6) is 0. The third-order valence-corrected chi connectivity index (χ3v) is 2.75. The lowest BCUT2D eigenvalue weighted by molar-refractivity contribution is -0.0253. The number of nitrogens with zero attached hydrogens (tertiary/aromatic N) is 1. The predicted octanol–water partition coefficient (Wildman–Crippen LogP) is 1.40. The lowest BCUT2D eigenvalue weighted by Gasteiger charge is -2.24. The molecule has 2 aliphatic rings. The van der Waals surface area contributed by atoms with Gasteiger partial charge in [0, 0.05) is 19.7 Å². The van der Waals surface area contributed by atoms with Crippen molar-refractivity contribution in [1.82, 2.24) is 4.90 Å². The van der Waals surface area contributed by atoms with Gasteiger partial charge in [-0.05, 0) is 25.7 Å². The summed E-state index contributed by atoms with van der Waals surface area (Å²) in [6, 6.07) is 0. The van der Waals surface area contributed by atoms with Crippen LogP contribution in [0.1, 0.15) is 25.7 Å². The fourth-order valence-electron chi connectivity index (χ4n) is 1.92. The molecule has 0 saturated carbocycles. The molecule has 0 aliphatic carbocycles. The maximum atomic E-state index is 11.6. The molecule has 0 bridgehead atoms. The molecule has 4 nitrogen and oxygen atoms in total. The van der Waals surface area contributed by atoms with Crippen LogP contribution in [-0.4, -0.2) is 43.4 Å². The molecule has 1 amide bonds. The predicted molar refractivity (Wildman–Crippen MR) is 51.1 cm³/mol. The molecule has 0 spiro atoms. The third-order valence-electron chi connectivity index (χ3n) is 2.75. The SMILES string of the molecule is O=C(OC1CCCOC1)N1CCCC1. The molecule has 2 saturated heterocycles. The second kappa shape index (κ2) is 4.64. The summed E-state index contributed by atoms with van der Waals surface area (Å²) >= 11 is 0. The molecule has 2 rings (SSSR count). The summed E-state index contributed by atoms with van der Waals surface area (Å²) in [5, 5.41) is 0. The summed E-state index contributed by atoms with van der Waals surface area (Å²) in [6.07, 6.45) is 3.99. The molecule has 0 aromatic carbocycles. The average molecular weight is 199 g/mol. The van der Waals surface area contributed by atoms with Gasteiger partial charge in [0.15, 0.2) is 0 Å². The zero-order chi connectivity index (χ0) is 9.80. The first-order chi connectivity index (χ1) is 6.86. The van der Waals surface area contributed by atoms with Crippen molar-refractivity contribution in [2.24, 2.45) is 0 Å². The van der Waals surface area contributed by atoms with E-state index >= 15 is 0 Å². The van der Waals surface area contributed by atoms with Crippen molar-refractivity contribution in [3.05, 3.63) is 0 Å². The first-order valence-corrected chi connectivity index (χ1v) is 5.39. The Balaban J connectivity index is 1.75. The summed E-state index contributed by atoms with van der Waals surface area (Å²) in [5.41, 5.74) is 0. The molecule has 2 aliphatic heterocycles. The van der Waals surface area contributed by atoms with Gasteiger partial charge < -0.3 is 14.4 Å². The highest BCUT2D eigenvalue weighted by molar-refractivity contribution is 5.68. The van der Waals surface area contributed by atoms with Gasteiger partial charge >= 0.3 is 6.09 Å². The molecule has 0 aromatic rings. The highest BCUT2D eigenvalue weighted by Crippen LogP contribution is 2.14. The van der Waals surface area contributed by atoms with E-state index in [-0.39, 0.29) is 12.2 Å². The quantitative estimate of drug-likeness (QED) is 0.640. The van der Waals surface area contributed by atoms with Crippen LogP contribution in [0.5, 0.6) is 0 Å². The molecule has 0 aromatic heterocycles.